The number of nitriles is 1. The van der Waals surface area contributed by atoms with Gasteiger partial charge in [-0.3, -0.25) is 4.68 Å². The Bertz CT molecular complexity index is 333. The lowest BCUT2D eigenvalue weighted by atomic mass is 9.82. The zero-order valence-electron chi connectivity index (χ0n) is 7.22. The highest BCUT2D eigenvalue weighted by atomic mass is 16.3. The average Bonchev–Trinajstić information content (AvgIpc) is 2.50. The largest absolute Gasteiger partial charge is 0.393 e. The first-order valence-electron chi connectivity index (χ1n) is 4.39. The SMILES string of the molecule is N#Cc1ccn(CC2CC(O)C2)n1. The lowest BCUT2D eigenvalue weighted by molar-refractivity contribution is 0.0336. The van der Waals surface area contributed by atoms with Crippen LogP contribution in [0.2, 0.25) is 0 Å². The number of nitrogens with zero attached hydrogens (tertiary/aromatic N) is 3. The van der Waals surface area contributed by atoms with E-state index in [0.717, 1.165) is 19.4 Å². The van der Waals surface area contributed by atoms with Crippen LogP contribution < -0.4 is 0 Å². The van der Waals surface area contributed by atoms with Crippen LogP contribution in [0.4, 0.5) is 0 Å². The van der Waals surface area contributed by atoms with Gasteiger partial charge in [-0.1, -0.05) is 0 Å². The summed E-state index contributed by atoms with van der Waals surface area (Å²) in [7, 11) is 0. The minimum atomic E-state index is -0.115. The molecule has 13 heavy (non-hydrogen) atoms. The maximum absolute atomic E-state index is 9.07. The molecule has 1 N–H and O–H groups in total. The van der Waals surface area contributed by atoms with Gasteiger partial charge in [-0.25, -0.2) is 0 Å². The van der Waals surface area contributed by atoms with Crippen LogP contribution in [0.1, 0.15) is 18.5 Å². The lowest BCUT2D eigenvalue weighted by Crippen LogP contribution is -2.31. The molecule has 2 rings (SSSR count). The first kappa shape index (κ1) is 8.27. The van der Waals surface area contributed by atoms with Gasteiger partial charge in [0.2, 0.25) is 0 Å². The van der Waals surface area contributed by atoms with Gasteiger partial charge in [-0.15, -0.1) is 0 Å². The fraction of sp³-hybridized carbons (Fsp3) is 0.556. The normalized spacial score (nSPS) is 26.5. The molecule has 0 aromatic carbocycles. The van der Waals surface area contributed by atoms with E-state index in [2.05, 4.69) is 5.10 Å². The number of aliphatic hydroxyl groups excluding tert-OH is 1. The summed E-state index contributed by atoms with van der Waals surface area (Å²) in [6, 6.07) is 3.69. The van der Waals surface area contributed by atoms with Crippen molar-refractivity contribution in [3.63, 3.8) is 0 Å². The molecule has 1 aromatic rings. The lowest BCUT2D eigenvalue weighted by Gasteiger charge is -2.30. The first-order valence-corrected chi connectivity index (χ1v) is 4.39. The van der Waals surface area contributed by atoms with E-state index in [-0.39, 0.29) is 6.10 Å². The van der Waals surface area contributed by atoms with Gasteiger partial charge in [0.05, 0.1) is 6.10 Å². The van der Waals surface area contributed by atoms with Crippen LogP contribution in [0.25, 0.3) is 0 Å². The molecule has 68 valence electrons. The standard InChI is InChI=1S/C9H11N3O/c10-5-8-1-2-12(11-8)6-7-3-9(13)4-7/h1-2,7,9,13H,3-4,6H2. The molecule has 1 fully saturated rings. The zero-order valence-corrected chi connectivity index (χ0v) is 7.22. The van der Waals surface area contributed by atoms with Crippen molar-refractivity contribution < 1.29 is 5.11 Å². The second-order valence-electron chi connectivity index (χ2n) is 3.53. The summed E-state index contributed by atoms with van der Waals surface area (Å²) >= 11 is 0. The first-order chi connectivity index (χ1) is 6.28. The highest BCUT2D eigenvalue weighted by Gasteiger charge is 2.27. The number of rotatable bonds is 2. The molecule has 4 nitrogen and oxygen atoms in total. The van der Waals surface area contributed by atoms with E-state index >= 15 is 0 Å². The second-order valence-corrected chi connectivity index (χ2v) is 3.53. The minimum Gasteiger partial charge on any atom is -0.393 e. The van der Waals surface area contributed by atoms with Crippen molar-refractivity contribution in [3.05, 3.63) is 18.0 Å². The highest BCUT2D eigenvalue weighted by Crippen LogP contribution is 2.28. The second kappa shape index (κ2) is 3.19. The van der Waals surface area contributed by atoms with Crippen molar-refractivity contribution in [3.8, 4) is 6.07 Å². The molecule has 0 atom stereocenters. The van der Waals surface area contributed by atoms with Gasteiger partial charge in [-0.05, 0) is 24.8 Å². The van der Waals surface area contributed by atoms with Crippen LogP contribution in [0.15, 0.2) is 12.3 Å². The van der Waals surface area contributed by atoms with Crippen molar-refractivity contribution in [1.82, 2.24) is 9.78 Å². The zero-order chi connectivity index (χ0) is 9.26. The monoisotopic (exact) mass is 177 g/mol. The van der Waals surface area contributed by atoms with Gasteiger partial charge in [0.1, 0.15) is 6.07 Å². The molecule has 1 saturated carbocycles. The van der Waals surface area contributed by atoms with Crippen LogP contribution in [0.3, 0.4) is 0 Å². The van der Waals surface area contributed by atoms with Crippen molar-refractivity contribution in [2.45, 2.75) is 25.5 Å². The van der Waals surface area contributed by atoms with E-state index < -0.39 is 0 Å². The Morgan fingerprint density at radius 3 is 3.00 bits per heavy atom. The molecule has 1 aliphatic carbocycles. The molecule has 0 radical (unpaired) electrons. The van der Waals surface area contributed by atoms with Crippen molar-refractivity contribution in [2.75, 3.05) is 0 Å². The Labute approximate surface area is 76.4 Å². The Hall–Kier alpha value is -1.34. The fourth-order valence-corrected chi connectivity index (χ4v) is 1.64. The topological polar surface area (TPSA) is 61.8 Å². The number of hydrogen-bond acceptors (Lipinski definition) is 3. The van der Waals surface area contributed by atoms with Crippen molar-refractivity contribution in [2.24, 2.45) is 5.92 Å². The van der Waals surface area contributed by atoms with Gasteiger partial charge in [-0.2, -0.15) is 10.4 Å². The van der Waals surface area contributed by atoms with Crippen LogP contribution in [0.5, 0.6) is 0 Å². The van der Waals surface area contributed by atoms with E-state index in [1.165, 1.54) is 0 Å². The molecule has 0 amide bonds. The Balaban J connectivity index is 1.92. The number of aromatic nitrogens is 2. The third-order valence-electron chi connectivity index (χ3n) is 2.41. The molecule has 1 heterocycles. The average molecular weight is 177 g/mol. The van der Waals surface area contributed by atoms with E-state index in [1.54, 1.807) is 10.7 Å². The van der Waals surface area contributed by atoms with E-state index in [0.29, 0.717) is 11.6 Å². The maximum atomic E-state index is 9.07. The molecular formula is C9H11N3O. The molecule has 0 saturated heterocycles. The van der Waals surface area contributed by atoms with E-state index in [4.69, 9.17) is 10.4 Å². The summed E-state index contributed by atoms with van der Waals surface area (Å²) in [6.07, 6.45) is 3.42. The molecule has 0 bridgehead atoms. The van der Waals surface area contributed by atoms with Crippen LogP contribution in [-0.2, 0) is 6.54 Å². The maximum Gasteiger partial charge on any atom is 0.162 e. The quantitative estimate of drug-likeness (QED) is 0.716. The Morgan fingerprint density at radius 1 is 1.69 bits per heavy atom. The molecule has 0 spiro atoms. The third-order valence-corrected chi connectivity index (χ3v) is 2.41. The van der Waals surface area contributed by atoms with Crippen molar-refractivity contribution >= 4 is 0 Å². The van der Waals surface area contributed by atoms with Crippen molar-refractivity contribution in [1.29, 1.82) is 5.26 Å². The number of hydrogen-bond donors (Lipinski definition) is 1. The van der Waals surface area contributed by atoms with Gasteiger partial charge < -0.3 is 5.11 Å². The summed E-state index contributed by atoms with van der Waals surface area (Å²) in [5, 5.41) is 21.6. The molecular weight excluding hydrogens is 166 g/mol. The fourth-order valence-electron chi connectivity index (χ4n) is 1.64. The van der Waals surface area contributed by atoms with Gasteiger partial charge in [0, 0.05) is 12.7 Å². The third kappa shape index (κ3) is 1.70. The molecule has 4 heteroatoms. The van der Waals surface area contributed by atoms with E-state index in [9.17, 15) is 0 Å². The van der Waals surface area contributed by atoms with Gasteiger partial charge >= 0.3 is 0 Å². The van der Waals surface area contributed by atoms with Crippen LogP contribution >= 0.6 is 0 Å². The van der Waals surface area contributed by atoms with E-state index in [1.807, 2.05) is 12.3 Å². The summed E-state index contributed by atoms with van der Waals surface area (Å²) in [5.74, 6) is 0.529. The summed E-state index contributed by atoms with van der Waals surface area (Å²) in [5.41, 5.74) is 0.458. The summed E-state index contributed by atoms with van der Waals surface area (Å²) in [6.45, 7) is 0.818. The number of aliphatic hydroxyl groups is 1. The molecule has 1 aliphatic rings. The highest BCUT2D eigenvalue weighted by molar-refractivity contribution is 5.16. The minimum absolute atomic E-state index is 0.115. The summed E-state index contributed by atoms with van der Waals surface area (Å²) < 4.78 is 1.77. The molecule has 0 unspecified atom stereocenters. The Morgan fingerprint density at radius 2 is 2.46 bits per heavy atom. The smallest absolute Gasteiger partial charge is 0.162 e. The predicted octanol–water partition coefficient (Wildman–Crippen LogP) is 0.526. The molecule has 0 aliphatic heterocycles. The van der Waals surface area contributed by atoms with Crippen LogP contribution in [-0.4, -0.2) is 21.0 Å². The Kier molecular flexibility index (Phi) is 2.03. The summed E-state index contributed by atoms with van der Waals surface area (Å²) in [4.78, 5) is 0. The van der Waals surface area contributed by atoms with Gasteiger partial charge in [0.25, 0.3) is 0 Å². The van der Waals surface area contributed by atoms with Gasteiger partial charge in [0.15, 0.2) is 5.69 Å². The van der Waals surface area contributed by atoms with Crippen LogP contribution in [0, 0.1) is 17.2 Å². The predicted molar refractivity (Wildman–Crippen MR) is 45.7 cm³/mol. The molecule has 1 aromatic heterocycles.